The molecule has 72 valence electrons. The summed E-state index contributed by atoms with van der Waals surface area (Å²) < 4.78 is 10.2. The second-order valence-electron chi connectivity index (χ2n) is 2.64. The number of carbonyl (C=O) groups is 1. The number of aliphatic carboxylic acids is 1. The second kappa shape index (κ2) is 4.77. The molecule has 0 spiro atoms. The van der Waals surface area contributed by atoms with Crippen molar-refractivity contribution in [3.63, 3.8) is 0 Å². The van der Waals surface area contributed by atoms with Crippen molar-refractivity contribution >= 4 is 13.9 Å². The van der Waals surface area contributed by atoms with Crippen LogP contribution in [0.15, 0.2) is 24.3 Å². The van der Waals surface area contributed by atoms with Crippen molar-refractivity contribution in [2.45, 2.75) is 6.04 Å². The van der Waals surface area contributed by atoms with Crippen molar-refractivity contribution in [3.05, 3.63) is 35.4 Å². The van der Waals surface area contributed by atoms with Gasteiger partial charge in [-0.15, -0.1) is 0 Å². The van der Waals surface area contributed by atoms with Gasteiger partial charge in [-0.1, -0.05) is 0 Å². The quantitative estimate of drug-likeness (QED) is 0.721. The molecule has 1 unspecified atom stereocenters. The Hall–Kier alpha value is -1.34. The van der Waals surface area contributed by atoms with Gasteiger partial charge in [0.1, 0.15) is 0 Å². The summed E-state index contributed by atoms with van der Waals surface area (Å²) in [5.41, 5.74) is 9.06. The average Bonchev–Trinajstić information content (AvgIpc) is 2.18. The van der Waals surface area contributed by atoms with Crippen LogP contribution in [-0.2, 0) is 9.36 Å². The molecule has 1 atom stereocenters. The Kier molecular flexibility index (Phi) is 3.66. The van der Waals surface area contributed by atoms with Gasteiger partial charge in [0.25, 0.3) is 0 Å². The molecule has 0 saturated carbocycles. The van der Waals surface area contributed by atoms with E-state index in [1.54, 1.807) is 24.3 Å². The summed E-state index contributed by atoms with van der Waals surface area (Å²) >= 11 is 0. The summed E-state index contributed by atoms with van der Waals surface area (Å²) in [4.78, 5) is 10.5. The molecule has 0 aromatic heterocycles. The molecule has 0 radical (unpaired) electrons. The van der Waals surface area contributed by atoms with Crippen molar-refractivity contribution < 1.29 is 14.5 Å². The summed E-state index contributed by atoms with van der Waals surface area (Å²) in [5.74, 6) is -1.08. The van der Waals surface area contributed by atoms with E-state index in [0.717, 1.165) is 0 Å². The molecular weight excluding hydrogens is 201 g/mol. The van der Waals surface area contributed by atoms with E-state index in [1.807, 2.05) is 0 Å². The molecule has 0 saturated heterocycles. The van der Waals surface area contributed by atoms with Gasteiger partial charge in [-0.3, -0.25) is 0 Å². The van der Waals surface area contributed by atoms with Gasteiger partial charge in [0.15, 0.2) is 0 Å². The molecule has 0 aliphatic heterocycles. The fraction of sp³-hybridized carbons (Fsp3) is 0.111. The molecule has 0 aliphatic rings. The number of carboxylic acid groups (broad SMARTS) is 1. The molecule has 0 amide bonds. The maximum absolute atomic E-state index is 10.5. The molecule has 0 heterocycles. The van der Waals surface area contributed by atoms with Crippen molar-refractivity contribution in [2.75, 3.05) is 0 Å². The average molecular weight is 209 g/mol. The summed E-state index contributed by atoms with van der Waals surface area (Å²) in [6.45, 7) is 0. The molecule has 1 rings (SSSR count). The Morgan fingerprint density at radius 2 is 2.00 bits per heavy atom. The predicted octanol–water partition coefficient (Wildman–Crippen LogP) is 1.37. The van der Waals surface area contributed by atoms with Crippen LogP contribution in [0, 0.1) is 5.63 Å². The Balaban J connectivity index is 2.97. The van der Waals surface area contributed by atoms with Crippen LogP contribution in [0.25, 0.3) is 0 Å². The van der Waals surface area contributed by atoms with E-state index in [4.69, 9.17) is 10.8 Å². The molecular formula is C9H8NO3P. The third kappa shape index (κ3) is 2.57. The number of benzene rings is 1. The zero-order valence-corrected chi connectivity index (χ0v) is 8.07. The van der Waals surface area contributed by atoms with Crippen LogP contribution < -0.4 is 5.73 Å². The van der Waals surface area contributed by atoms with E-state index >= 15 is 0 Å². The fourth-order valence-corrected chi connectivity index (χ4v) is 1.21. The topological polar surface area (TPSA) is 80.4 Å². The Bertz CT molecular complexity index is 435. The Morgan fingerprint density at radius 1 is 1.43 bits per heavy atom. The number of hydrogen-bond acceptors (Lipinski definition) is 3. The van der Waals surface area contributed by atoms with Crippen molar-refractivity contribution in [2.24, 2.45) is 5.73 Å². The van der Waals surface area contributed by atoms with Crippen LogP contribution in [-0.4, -0.2) is 11.1 Å². The summed E-state index contributed by atoms with van der Waals surface area (Å²) in [6, 6.07) is 5.36. The van der Waals surface area contributed by atoms with Gasteiger partial charge in [0.2, 0.25) is 0 Å². The van der Waals surface area contributed by atoms with Gasteiger partial charge in [-0.2, -0.15) is 0 Å². The van der Waals surface area contributed by atoms with Crippen LogP contribution >= 0.6 is 7.92 Å². The van der Waals surface area contributed by atoms with Crippen molar-refractivity contribution in [1.29, 1.82) is 0 Å². The monoisotopic (exact) mass is 209 g/mol. The molecule has 0 fully saturated rings. The Labute approximate surface area is 81.9 Å². The minimum atomic E-state index is -1.08. The molecule has 3 N–H and O–H groups in total. The number of hydrogen-bond donors (Lipinski definition) is 2. The van der Waals surface area contributed by atoms with Gasteiger partial charge in [0.05, 0.1) is 0 Å². The maximum atomic E-state index is 10.5. The first kappa shape index (κ1) is 10.7. The number of nitrogens with two attached hydrogens (primary N) is 1. The first-order valence-electron chi connectivity index (χ1n) is 3.82. The van der Waals surface area contributed by atoms with Gasteiger partial charge in [-0.25, -0.2) is 0 Å². The van der Waals surface area contributed by atoms with Gasteiger partial charge in [-0.05, 0) is 0 Å². The fourth-order valence-electron chi connectivity index (χ4n) is 0.960. The molecule has 0 aliphatic carbocycles. The van der Waals surface area contributed by atoms with Gasteiger partial charge >= 0.3 is 81.1 Å². The van der Waals surface area contributed by atoms with Gasteiger partial charge in [0, 0.05) is 0 Å². The van der Waals surface area contributed by atoms with E-state index in [-0.39, 0.29) is 7.92 Å². The second-order valence-corrected chi connectivity index (χ2v) is 3.05. The van der Waals surface area contributed by atoms with E-state index in [1.165, 1.54) is 0 Å². The molecule has 4 nitrogen and oxygen atoms in total. The van der Waals surface area contributed by atoms with Crippen LogP contribution in [0.5, 0.6) is 0 Å². The normalized spacial score (nSPS) is 11.5. The third-order valence-electron chi connectivity index (χ3n) is 1.71. The third-order valence-corrected chi connectivity index (χ3v) is 2.06. The van der Waals surface area contributed by atoms with Crippen molar-refractivity contribution in [3.8, 4) is 5.63 Å². The van der Waals surface area contributed by atoms with E-state index in [0.29, 0.717) is 11.1 Å². The van der Waals surface area contributed by atoms with Crippen LogP contribution in [0.4, 0.5) is 0 Å². The first-order chi connectivity index (χ1) is 6.65. The summed E-state index contributed by atoms with van der Waals surface area (Å²) in [6.07, 6.45) is 0. The van der Waals surface area contributed by atoms with Crippen molar-refractivity contribution in [1.82, 2.24) is 0 Å². The van der Waals surface area contributed by atoms with Gasteiger partial charge < -0.3 is 0 Å². The van der Waals surface area contributed by atoms with E-state index in [9.17, 15) is 9.36 Å². The first-order valence-corrected chi connectivity index (χ1v) is 4.63. The molecule has 5 heteroatoms. The van der Waals surface area contributed by atoms with E-state index in [2.05, 4.69) is 5.63 Å². The molecule has 1 aromatic rings. The minimum absolute atomic E-state index is 0.199. The Morgan fingerprint density at radius 3 is 2.43 bits per heavy atom. The molecule has 1 aromatic carbocycles. The molecule has 14 heavy (non-hydrogen) atoms. The summed E-state index contributed by atoms with van der Waals surface area (Å²) in [5, 5.41) is 8.62. The van der Waals surface area contributed by atoms with E-state index < -0.39 is 12.0 Å². The zero-order valence-electron chi connectivity index (χ0n) is 7.18. The molecule has 0 bridgehead atoms. The standard InChI is InChI=1S/C9H8NO3P/c10-8(9(11)12)7-3-1-6(2-4-7)5-14-13/h1-4,8H,10H2,(H,11,12). The van der Waals surface area contributed by atoms with Crippen LogP contribution in [0.3, 0.4) is 0 Å². The SMILES string of the molecule is NC(C(=O)O)c1ccc(C#P=O)cc1. The summed E-state index contributed by atoms with van der Waals surface area (Å²) in [7, 11) is -0.199. The zero-order chi connectivity index (χ0) is 10.6. The number of rotatable bonds is 2. The van der Waals surface area contributed by atoms with Crippen LogP contribution in [0.2, 0.25) is 0 Å². The van der Waals surface area contributed by atoms with Crippen LogP contribution in [0.1, 0.15) is 17.2 Å². The number of carboxylic acids is 1. The predicted molar refractivity (Wildman–Crippen MR) is 51.6 cm³/mol.